The van der Waals surface area contributed by atoms with Gasteiger partial charge in [0.25, 0.3) is 0 Å². The molecule has 2 unspecified atom stereocenters. The molecule has 1 heterocycles. The lowest BCUT2D eigenvalue weighted by molar-refractivity contribution is -0.145. The Hall–Kier alpha value is -1.60. The Labute approximate surface area is 137 Å². The number of carboxylic acid groups (broad SMARTS) is 1. The molecule has 0 fully saturated rings. The molecule has 0 bridgehead atoms. The summed E-state index contributed by atoms with van der Waals surface area (Å²) in [6, 6.07) is 5.33. The van der Waals surface area contributed by atoms with Crippen LogP contribution < -0.4 is 4.74 Å². The Morgan fingerprint density at radius 2 is 2.32 bits per heavy atom. The van der Waals surface area contributed by atoms with E-state index in [2.05, 4.69) is 21.1 Å². The predicted molar refractivity (Wildman–Crippen MR) is 84.4 cm³/mol. The predicted octanol–water partition coefficient (Wildman–Crippen LogP) is 2.83. The molecule has 1 aliphatic rings. The molecule has 1 aromatic rings. The van der Waals surface area contributed by atoms with E-state index in [4.69, 9.17) is 19.4 Å². The molecular formula is C15H18BrNO5. The molecule has 0 aliphatic carbocycles. The van der Waals surface area contributed by atoms with E-state index in [-0.39, 0.29) is 6.10 Å². The average molecular weight is 372 g/mol. The number of benzene rings is 1. The quantitative estimate of drug-likeness (QED) is 0.797. The molecule has 120 valence electrons. The van der Waals surface area contributed by atoms with E-state index >= 15 is 0 Å². The Balaban J connectivity index is 2.34. The lowest BCUT2D eigenvalue weighted by atomic mass is 10.0. The first-order valence-electron chi connectivity index (χ1n) is 7.07. The molecule has 0 aromatic heterocycles. The van der Waals surface area contributed by atoms with Gasteiger partial charge in [0.05, 0.1) is 0 Å². The van der Waals surface area contributed by atoms with Crippen LogP contribution in [0.1, 0.15) is 25.8 Å². The lowest BCUT2D eigenvalue weighted by Gasteiger charge is -2.18. The zero-order valence-corrected chi connectivity index (χ0v) is 14.0. The first-order chi connectivity index (χ1) is 10.6. The fourth-order valence-corrected chi connectivity index (χ4v) is 2.49. The highest BCUT2D eigenvalue weighted by atomic mass is 79.9. The number of nitrogens with zero attached hydrogens (tertiary/aromatic N) is 1. The molecule has 0 radical (unpaired) electrons. The molecule has 2 atom stereocenters. The molecule has 1 aliphatic heterocycles. The van der Waals surface area contributed by atoms with Gasteiger partial charge in [0, 0.05) is 16.6 Å². The summed E-state index contributed by atoms with van der Waals surface area (Å²) in [6.45, 7) is 4.53. The van der Waals surface area contributed by atoms with Gasteiger partial charge < -0.3 is 19.4 Å². The zero-order valence-electron chi connectivity index (χ0n) is 12.4. The molecule has 0 saturated carbocycles. The van der Waals surface area contributed by atoms with Crippen LogP contribution in [-0.2, 0) is 14.4 Å². The number of hydrogen-bond donors (Lipinski definition) is 1. The van der Waals surface area contributed by atoms with Crippen LogP contribution in [0.5, 0.6) is 5.75 Å². The number of rotatable bonds is 7. The first-order valence-corrected chi connectivity index (χ1v) is 7.86. The Morgan fingerprint density at radius 3 is 2.95 bits per heavy atom. The van der Waals surface area contributed by atoms with Gasteiger partial charge in [-0.1, -0.05) is 28.0 Å². The van der Waals surface area contributed by atoms with Crippen molar-refractivity contribution < 1.29 is 24.2 Å². The van der Waals surface area contributed by atoms with Gasteiger partial charge >= 0.3 is 5.97 Å². The van der Waals surface area contributed by atoms with E-state index in [0.717, 1.165) is 4.47 Å². The highest BCUT2D eigenvalue weighted by Gasteiger charge is 2.29. The minimum atomic E-state index is -0.998. The van der Waals surface area contributed by atoms with E-state index in [0.29, 0.717) is 36.7 Å². The maximum absolute atomic E-state index is 11.2. The third-order valence-corrected chi connectivity index (χ3v) is 3.69. The van der Waals surface area contributed by atoms with E-state index in [1.54, 1.807) is 19.1 Å². The fourth-order valence-electron chi connectivity index (χ4n) is 2.13. The standard InChI is InChI=1S/C15H18BrNO5/c1-3-11(15(18)19)22-12-6-5-9(16)7-10(12)14-13(20-4-2)8-21-17-14/h5-7,11,13H,3-4,8H2,1-2H3,(H,18,19). The second-order valence-electron chi connectivity index (χ2n) is 4.71. The maximum atomic E-state index is 11.2. The third kappa shape index (κ3) is 3.78. The molecule has 1 aromatic carbocycles. The van der Waals surface area contributed by atoms with E-state index in [9.17, 15) is 4.79 Å². The van der Waals surface area contributed by atoms with Crippen molar-refractivity contribution in [3.05, 3.63) is 28.2 Å². The van der Waals surface area contributed by atoms with Crippen molar-refractivity contribution in [2.75, 3.05) is 13.2 Å². The number of hydrogen-bond acceptors (Lipinski definition) is 5. The van der Waals surface area contributed by atoms with E-state index < -0.39 is 12.1 Å². The number of aliphatic carboxylic acids is 1. The number of carbonyl (C=O) groups is 1. The minimum Gasteiger partial charge on any atom is -0.479 e. The van der Waals surface area contributed by atoms with Crippen LogP contribution in [0, 0.1) is 0 Å². The van der Waals surface area contributed by atoms with Crippen molar-refractivity contribution in [3.63, 3.8) is 0 Å². The van der Waals surface area contributed by atoms with Crippen LogP contribution in [0.3, 0.4) is 0 Å². The maximum Gasteiger partial charge on any atom is 0.344 e. The largest absolute Gasteiger partial charge is 0.479 e. The highest BCUT2D eigenvalue weighted by molar-refractivity contribution is 9.10. The van der Waals surface area contributed by atoms with Crippen LogP contribution in [0.25, 0.3) is 0 Å². The van der Waals surface area contributed by atoms with Gasteiger partial charge in [0.15, 0.2) is 6.10 Å². The van der Waals surface area contributed by atoms with Crippen LogP contribution in [0.15, 0.2) is 27.8 Å². The molecule has 0 spiro atoms. The van der Waals surface area contributed by atoms with Crippen molar-refractivity contribution in [1.82, 2.24) is 0 Å². The monoisotopic (exact) mass is 371 g/mol. The average Bonchev–Trinajstić information content (AvgIpc) is 2.94. The molecule has 1 N–H and O–H groups in total. The number of ether oxygens (including phenoxy) is 2. The summed E-state index contributed by atoms with van der Waals surface area (Å²) in [7, 11) is 0. The second kappa shape index (κ2) is 7.60. The summed E-state index contributed by atoms with van der Waals surface area (Å²) in [5, 5.41) is 13.2. The fraction of sp³-hybridized carbons (Fsp3) is 0.467. The van der Waals surface area contributed by atoms with Gasteiger partial charge in [-0.2, -0.15) is 0 Å². The van der Waals surface area contributed by atoms with E-state index in [1.165, 1.54) is 0 Å². The van der Waals surface area contributed by atoms with Crippen molar-refractivity contribution in [2.24, 2.45) is 5.16 Å². The van der Waals surface area contributed by atoms with Crippen LogP contribution in [0.2, 0.25) is 0 Å². The molecule has 0 amide bonds. The third-order valence-electron chi connectivity index (χ3n) is 3.19. The number of carboxylic acids is 1. The van der Waals surface area contributed by atoms with Crippen LogP contribution >= 0.6 is 15.9 Å². The normalized spacial score (nSPS) is 18.5. The summed E-state index contributed by atoms with van der Waals surface area (Å²) in [5.74, 6) is -0.547. The van der Waals surface area contributed by atoms with Crippen LogP contribution in [-0.4, -0.2) is 42.2 Å². The first kappa shape index (κ1) is 16.8. The van der Waals surface area contributed by atoms with E-state index in [1.807, 2.05) is 13.0 Å². The number of halogens is 1. The summed E-state index contributed by atoms with van der Waals surface area (Å²) >= 11 is 3.41. The van der Waals surface area contributed by atoms with Crippen molar-refractivity contribution in [3.8, 4) is 5.75 Å². The number of oxime groups is 1. The van der Waals surface area contributed by atoms with Crippen molar-refractivity contribution in [2.45, 2.75) is 32.5 Å². The van der Waals surface area contributed by atoms with Gasteiger partial charge in [-0.05, 0) is 31.5 Å². The van der Waals surface area contributed by atoms with Gasteiger partial charge in [0.2, 0.25) is 0 Å². The van der Waals surface area contributed by atoms with Gasteiger partial charge in [-0.3, -0.25) is 0 Å². The summed E-state index contributed by atoms with van der Waals surface area (Å²) in [4.78, 5) is 16.3. The Morgan fingerprint density at radius 1 is 1.55 bits per heavy atom. The molecule has 6 nitrogen and oxygen atoms in total. The molecule has 22 heavy (non-hydrogen) atoms. The molecule has 7 heteroatoms. The second-order valence-corrected chi connectivity index (χ2v) is 5.63. The molecular weight excluding hydrogens is 354 g/mol. The zero-order chi connectivity index (χ0) is 16.1. The minimum absolute atomic E-state index is 0.286. The Kier molecular flexibility index (Phi) is 5.79. The molecule has 0 saturated heterocycles. The SMILES string of the molecule is CCOC1CON=C1c1cc(Br)ccc1OC(CC)C(=O)O. The topological polar surface area (TPSA) is 77.3 Å². The van der Waals surface area contributed by atoms with Crippen molar-refractivity contribution >= 4 is 27.6 Å². The lowest BCUT2D eigenvalue weighted by Crippen LogP contribution is -2.29. The summed E-state index contributed by atoms with van der Waals surface area (Å²) < 4.78 is 12.1. The Bertz CT molecular complexity index is 575. The van der Waals surface area contributed by atoms with Gasteiger partial charge in [0.1, 0.15) is 24.2 Å². The molecule has 2 rings (SSSR count). The van der Waals surface area contributed by atoms with Gasteiger partial charge in [-0.15, -0.1) is 0 Å². The van der Waals surface area contributed by atoms with Gasteiger partial charge in [-0.25, -0.2) is 4.79 Å². The van der Waals surface area contributed by atoms with Crippen LogP contribution in [0.4, 0.5) is 0 Å². The summed E-state index contributed by atoms with van der Waals surface area (Å²) in [6.07, 6.45) is -0.831. The van der Waals surface area contributed by atoms with Crippen molar-refractivity contribution in [1.29, 1.82) is 0 Å². The summed E-state index contributed by atoms with van der Waals surface area (Å²) in [5.41, 5.74) is 1.28. The smallest absolute Gasteiger partial charge is 0.344 e. The highest BCUT2D eigenvalue weighted by Crippen LogP contribution is 2.28.